The molecule has 0 bridgehead atoms. The van der Waals surface area contributed by atoms with E-state index >= 15 is 0 Å². The van der Waals surface area contributed by atoms with Gasteiger partial charge in [-0.05, 0) is 55.0 Å². The average Bonchev–Trinajstić information content (AvgIpc) is 2.92. The second-order valence-electron chi connectivity index (χ2n) is 9.49. The van der Waals surface area contributed by atoms with E-state index in [-0.39, 0.29) is 18.3 Å². The Hall–Kier alpha value is -4.12. The molecular formula is C32H31NO4. The maximum absolute atomic E-state index is 13.7. The molecule has 37 heavy (non-hydrogen) atoms. The molecule has 3 aromatic carbocycles. The van der Waals surface area contributed by atoms with Crippen LogP contribution in [-0.2, 0) is 20.9 Å². The summed E-state index contributed by atoms with van der Waals surface area (Å²) in [5, 5.41) is 3.42. The smallest absolute Gasteiger partial charge is 0.337 e. The van der Waals surface area contributed by atoms with Gasteiger partial charge in [0, 0.05) is 29.3 Å². The number of esters is 1. The van der Waals surface area contributed by atoms with E-state index < -0.39 is 11.9 Å². The number of benzene rings is 3. The molecule has 0 fully saturated rings. The second kappa shape index (κ2) is 10.9. The zero-order valence-corrected chi connectivity index (χ0v) is 21.2. The summed E-state index contributed by atoms with van der Waals surface area (Å²) in [7, 11) is 0. The number of allylic oxidation sites excluding steroid dienone is 3. The third kappa shape index (κ3) is 5.21. The van der Waals surface area contributed by atoms with E-state index in [1.54, 1.807) is 0 Å². The molecule has 5 nitrogen and oxygen atoms in total. The zero-order valence-electron chi connectivity index (χ0n) is 21.2. The first-order valence-corrected chi connectivity index (χ1v) is 12.8. The van der Waals surface area contributed by atoms with Crippen LogP contribution in [0.2, 0.25) is 0 Å². The summed E-state index contributed by atoms with van der Waals surface area (Å²) in [6.07, 6.45) is 1.12. The van der Waals surface area contributed by atoms with Gasteiger partial charge in [-0.2, -0.15) is 0 Å². The molecule has 188 valence electrons. The van der Waals surface area contributed by atoms with Gasteiger partial charge in [0.2, 0.25) is 0 Å². The van der Waals surface area contributed by atoms with Gasteiger partial charge in [-0.25, -0.2) is 4.79 Å². The highest BCUT2D eigenvalue weighted by Gasteiger charge is 2.41. The number of carbonyl (C=O) groups excluding carboxylic acids is 2. The summed E-state index contributed by atoms with van der Waals surface area (Å²) in [6, 6.07) is 27.4. The lowest BCUT2D eigenvalue weighted by molar-refractivity contribution is -0.140. The maximum Gasteiger partial charge on any atom is 0.337 e. The van der Waals surface area contributed by atoms with Crippen molar-refractivity contribution < 1.29 is 19.1 Å². The minimum absolute atomic E-state index is 0.0577. The van der Waals surface area contributed by atoms with Crippen LogP contribution in [0.25, 0.3) is 0 Å². The van der Waals surface area contributed by atoms with Crippen molar-refractivity contribution in [1.82, 2.24) is 5.32 Å². The quantitative estimate of drug-likeness (QED) is 0.398. The summed E-state index contributed by atoms with van der Waals surface area (Å²) < 4.78 is 11.4. The number of hydrogen-bond donors (Lipinski definition) is 1. The van der Waals surface area contributed by atoms with Crippen LogP contribution in [0.5, 0.6) is 5.75 Å². The van der Waals surface area contributed by atoms with Crippen molar-refractivity contribution in [2.75, 3.05) is 6.61 Å². The number of hydrogen-bond acceptors (Lipinski definition) is 5. The van der Waals surface area contributed by atoms with Gasteiger partial charge in [-0.3, -0.25) is 4.79 Å². The topological polar surface area (TPSA) is 64.6 Å². The zero-order chi connectivity index (χ0) is 25.8. The molecule has 2 aliphatic rings. The largest absolute Gasteiger partial charge is 0.494 e. The summed E-state index contributed by atoms with van der Waals surface area (Å²) in [5.41, 5.74) is 5.68. The van der Waals surface area contributed by atoms with Crippen LogP contribution in [-0.4, -0.2) is 18.4 Å². The first kappa shape index (κ1) is 24.6. The number of ketones is 1. The summed E-state index contributed by atoms with van der Waals surface area (Å²) in [5.74, 6) is -0.0123. The van der Waals surface area contributed by atoms with E-state index in [2.05, 4.69) is 17.4 Å². The summed E-state index contributed by atoms with van der Waals surface area (Å²) in [4.78, 5) is 27.2. The van der Waals surface area contributed by atoms with Crippen LogP contribution in [0.1, 0.15) is 55.2 Å². The molecule has 1 aliphatic heterocycles. The van der Waals surface area contributed by atoms with E-state index in [1.165, 1.54) is 0 Å². The number of carbonyl (C=O) groups is 2. The van der Waals surface area contributed by atoms with Gasteiger partial charge in [-0.15, -0.1) is 0 Å². The van der Waals surface area contributed by atoms with Gasteiger partial charge < -0.3 is 14.8 Å². The molecule has 0 saturated heterocycles. The molecule has 1 aliphatic carbocycles. The van der Waals surface area contributed by atoms with Crippen LogP contribution >= 0.6 is 0 Å². The number of dihydropyridines is 1. The first-order chi connectivity index (χ1) is 18.0. The average molecular weight is 494 g/mol. The Labute approximate surface area is 217 Å². The van der Waals surface area contributed by atoms with Gasteiger partial charge in [0.05, 0.1) is 12.2 Å². The lowest BCUT2D eigenvalue weighted by Crippen LogP contribution is -2.36. The molecule has 0 amide bonds. The Morgan fingerprint density at radius 1 is 0.892 bits per heavy atom. The van der Waals surface area contributed by atoms with E-state index in [0.717, 1.165) is 33.8 Å². The number of ether oxygens (including phenoxy) is 2. The molecule has 5 rings (SSSR count). The van der Waals surface area contributed by atoms with Crippen molar-refractivity contribution in [2.45, 2.75) is 45.1 Å². The number of Topliss-reactive ketones (excluding diaryl/α,β-unsaturated/α-hetero) is 1. The van der Waals surface area contributed by atoms with E-state index in [9.17, 15) is 9.59 Å². The van der Waals surface area contributed by atoms with Crippen LogP contribution in [0.15, 0.2) is 107 Å². The normalized spacial score (nSPS) is 19.2. The molecule has 0 aromatic heterocycles. The molecular weight excluding hydrogens is 462 g/mol. The second-order valence-corrected chi connectivity index (χ2v) is 9.49. The molecule has 0 spiro atoms. The number of rotatable bonds is 7. The predicted molar refractivity (Wildman–Crippen MR) is 143 cm³/mol. The van der Waals surface area contributed by atoms with Crippen molar-refractivity contribution >= 4 is 11.8 Å². The highest BCUT2D eigenvalue weighted by atomic mass is 16.5. The summed E-state index contributed by atoms with van der Waals surface area (Å²) >= 11 is 0. The van der Waals surface area contributed by atoms with Crippen molar-refractivity contribution in [3.05, 3.63) is 124 Å². The van der Waals surface area contributed by atoms with E-state index in [1.807, 2.05) is 86.6 Å². The van der Waals surface area contributed by atoms with Crippen LogP contribution in [0.3, 0.4) is 0 Å². The Balaban J connectivity index is 1.51. The van der Waals surface area contributed by atoms with Gasteiger partial charge in [0.1, 0.15) is 12.4 Å². The Bertz CT molecular complexity index is 1340. The van der Waals surface area contributed by atoms with Gasteiger partial charge >= 0.3 is 5.97 Å². The molecule has 3 aromatic rings. The van der Waals surface area contributed by atoms with Crippen LogP contribution < -0.4 is 10.1 Å². The van der Waals surface area contributed by atoms with Crippen molar-refractivity contribution in [2.24, 2.45) is 0 Å². The predicted octanol–water partition coefficient (Wildman–Crippen LogP) is 6.19. The third-order valence-corrected chi connectivity index (χ3v) is 7.06. The van der Waals surface area contributed by atoms with Gasteiger partial charge in [0.25, 0.3) is 0 Å². The van der Waals surface area contributed by atoms with Crippen molar-refractivity contribution in [3.8, 4) is 5.75 Å². The molecule has 0 saturated carbocycles. The van der Waals surface area contributed by atoms with E-state index in [4.69, 9.17) is 9.47 Å². The Morgan fingerprint density at radius 3 is 2.24 bits per heavy atom. The third-order valence-electron chi connectivity index (χ3n) is 7.06. The molecule has 2 atom stereocenters. The number of nitrogens with one attached hydrogen (secondary N) is 1. The monoisotopic (exact) mass is 493 g/mol. The fraction of sp³-hybridized carbons (Fsp3) is 0.250. The molecule has 0 radical (unpaired) electrons. The lowest BCUT2D eigenvalue weighted by atomic mass is 9.72. The minimum Gasteiger partial charge on any atom is -0.494 e. The molecule has 5 heteroatoms. The molecule has 1 heterocycles. The Kier molecular flexibility index (Phi) is 7.22. The minimum atomic E-state index is -0.501. The lowest BCUT2D eigenvalue weighted by Gasteiger charge is -2.36. The van der Waals surface area contributed by atoms with Gasteiger partial charge in [0.15, 0.2) is 5.78 Å². The Morgan fingerprint density at radius 2 is 1.57 bits per heavy atom. The fourth-order valence-corrected chi connectivity index (χ4v) is 5.33. The first-order valence-electron chi connectivity index (χ1n) is 12.8. The molecule has 0 unspecified atom stereocenters. The van der Waals surface area contributed by atoms with Gasteiger partial charge in [-0.1, -0.05) is 72.8 Å². The fourth-order valence-electron chi connectivity index (χ4n) is 5.33. The van der Waals surface area contributed by atoms with Crippen LogP contribution in [0.4, 0.5) is 0 Å². The van der Waals surface area contributed by atoms with Crippen molar-refractivity contribution in [1.29, 1.82) is 0 Å². The summed E-state index contributed by atoms with van der Waals surface area (Å²) in [6.45, 7) is 4.56. The standard InChI is InChI=1S/C32H31NO4/c1-3-36-26-16-14-24(15-17-26)30-29(32(35)37-20-22-10-6-4-7-11-22)21(2)33-27-18-25(19-28(34)31(27)30)23-12-8-5-9-13-23/h4-17,25,30,33H,3,18-20H2,1-2H3/t25-,30-/m0/s1. The highest BCUT2D eigenvalue weighted by molar-refractivity contribution is 6.04. The maximum atomic E-state index is 13.7. The van der Waals surface area contributed by atoms with Crippen LogP contribution in [0, 0.1) is 0 Å². The highest BCUT2D eigenvalue weighted by Crippen LogP contribution is 2.46. The van der Waals surface area contributed by atoms with Crippen molar-refractivity contribution in [3.63, 3.8) is 0 Å². The van der Waals surface area contributed by atoms with E-state index in [0.29, 0.717) is 30.6 Å². The SMILES string of the molecule is CCOc1ccc([C@H]2C(C(=O)OCc3ccccc3)=C(C)NC3=C2C(=O)C[C@@H](c2ccccc2)C3)cc1. The molecule has 1 N–H and O–H groups in total.